The second kappa shape index (κ2) is 5.49. The summed E-state index contributed by atoms with van der Waals surface area (Å²) in [5, 5.41) is 13.2. The number of aliphatic hydroxyl groups excluding tert-OH is 1. The topological polar surface area (TPSA) is 32.3 Å². The van der Waals surface area contributed by atoms with Crippen LogP contribution in [-0.2, 0) is 6.42 Å². The predicted molar refractivity (Wildman–Crippen MR) is 76.4 cm³/mol. The maximum Gasteiger partial charge on any atom is 0.0934 e. The summed E-state index contributed by atoms with van der Waals surface area (Å²) in [6.07, 6.45) is 7.24. The zero-order valence-electron chi connectivity index (χ0n) is 10.5. The molecule has 0 spiro atoms. The average molecular weight is 286 g/mol. The Bertz CT molecular complexity index is 420. The molecule has 0 aliphatic heterocycles. The minimum absolute atomic E-state index is 0.321. The molecule has 18 heavy (non-hydrogen) atoms. The average Bonchev–Trinajstić information content (AvgIpc) is 2.94. The first-order chi connectivity index (χ1) is 8.78. The summed E-state index contributed by atoms with van der Waals surface area (Å²) in [5.74, 6) is 0.449. The van der Waals surface area contributed by atoms with Crippen LogP contribution in [-0.4, -0.2) is 17.8 Å². The van der Waals surface area contributed by atoms with E-state index in [0.717, 1.165) is 10.8 Å². The lowest BCUT2D eigenvalue weighted by Gasteiger charge is -2.29. The second-order valence-electron chi connectivity index (χ2n) is 5.52. The number of halogens is 1. The summed E-state index contributed by atoms with van der Waals surface area (Å²) in [6.45, 7) is 0.321. The van der Waals surface area contributed by atoms with Crippen LogP contribution in [0.3, 0.4) is 0 Å². The maximum atomic E-state index is 9.41. The molecular formula is C14H20ClNOS. The molecule has 3 atom stereocenters. The van der Waals surface area contributed by atoms with Gasteiger partial charge in [-0.25, -0.2) is 0 Å². The van der Waals surface area contributed by atoms with E-state index in [0.29, 0.717) is 24.6 Å². The summed E-state index contributed by atoms with van der Waals surface area (Å²) in [4.78, 5) is 1.46. The van der Waals surface area contributed by atoms with E-state index in [4.69, 9.17) is 11.6 Å². The van der Waals surface area contributed by atoms with Gasteiger partial charge in [-0.05, 0) is 49.7 Å². The van der Waals surface area contributed by atoms with Gasteiger partial charge in [0.2, 0.25) is 0 Å². The van der Waals surface area contributed by atoms with E-state index in [2.05, 4.69) is 11.4 Å². The van der Waals surface area contributed by atoms with Crippen molar-refractivity contribution in [1.29, 1.82) is 0 Å². The van der Waals surface area contributed by atoms with Gasteiger partial charge >= 0.3 is 0 Å². The molecule has 2 aliphatic carbocycles. The summed E-state index contributed by atoms with van der Waals surface area (Å²) in [7, 11) is 0. The van der Waals surface area contributed by atoms with Crippen LogP contribution in [0.1, 0.15) is 48.6 Å². The monoisotopic (exact) mass is 285 g/mol. The number of thiophene rings is 1. The quantitative estimate of drug-likeness (QED) is 0.890. The van der Waals surface area contributed by atoms with Crippen molar-refractivity contribution in [1.82, 2.24) is 5.32 Å². The largest absolute Gasteiger partial charge is 0.396 e. The van der Waals surface area contributed by atoms with Crippen molar-refractivity contribution < 1.29 is 5.11 Å². The molecule has 2 nitrogen and oxygen atoms in total. The summed E-state index contributed by atoms with van der Waals surface area (Å²) >= 11 is 7.87. The number of aryl methyl sites for hydroxylation is 1. The van der Waals surface area contributed by atoms with Gasteiger partial charge in [-0.15, -0.1) is 11.3 Å². The van der Waals surface area contributed by atoms with Crippen LogP contribution in [0.4, 0.5) is 0 Å². The minimum Gasteiger partial charge on any atom is -0.396 e. The molecule has 3 unspecified atom stereocenters. The lowest BCUT2D eigenvalue weighted by Crippen LogP contribution is -2.37. The highest BCUT2D eigenvalue weighted by atomic mass is 35.5. The van der Waals surface area contributed by atoms with Gasteiger partial charge in [-0.2, -0.15) is 0 Å². The van der Waals surface area contributed by atoms with E-state index in [1.54, 1.807) is 11.3 Å². The number of fused-ring (bicyclic) bond motifs is 1. The van der Waals surface area contributed by atoms with Gasteiger partial charge in [-0.3, -0.25) is 0 Å². The molecule has 1 fully saturated rings. The Morgan fingerprint density at radius 3 is 3.06 bits per heavy atom. The zero-order chi connectivity index (χ0) is 12.5. The third kappa shape index (κ3) is 2.46. The fourth-order valence-electron chi connectivity index (χ4n) is 3.43. The van der Waals surface area contributed by atoms with Gasteiger partial charge in [-0.1, -0.05) is 18.0 Å². The normalized spacial score (nSPS) is 31.6. The van der Waals surface area contributed by atoms with Crippen LogP contribution in [0.5, 0.6) is 0 Å². The molecule has 2 aliphatic rings. The first kappa shape index (κ1) is 12.9. The lowest BCUT2D eigenvalue weighted by atomic mass is 9.92. The van der Waals surface area contributed by atoms with E-state index in [1.165, 1.54) is 42.5 Å². The molecule has 0 aromatic carbocycles. The molecule has 0 amide bonds. The summed E-state index contributed by atoms with van der Waals surface area (Å²) < 4.78 is 0.916. The van der Waals surface area contributed by atoms with Gasteiger partial charge in [0.05, 0.1) is 4.34 Å². The van der Waals surface area contributed by atoms with Gasteiger partial charge in [0.1, 0.15) is 0 Å². The second-order valence-corrected chi connectivity index (χ2v) is 7.29. The van der Waals surface area contributed by atoms with E-state index in [1.807, 2.05) is 0 Å². The van der Waals surface area contributed by atoms with Crippen LogP contribution in [0, 0.1) is 5.92 Å². The fraction of sp³-hybridized carbons (Fsp3) is 0.714. The van der Waals surface area contributed by atoms with Crippen molar-refractivity contribution in [3.05, 3.63) is 20.8 Å². The molecule has 1 aromatic rings. The van der Waals surface area contributed by atoms with Crippen molar-refractivity contribution in [2.24, 2.45) is 5.92 Å². The molecular weight excluding hydrogens is 266 g/mol. The van der Waals surface area contributed by atoms with E-state index >= 15 is 0 Å². The van der Waals surface area contributed by atoms with E-state index in [-0.39, 0.29) is 0 Å². The molecule has 0 saturated heterocycles. The highest BCUT2D eigenvalue weighted by Gasteiger charge is 2.31. The Morgan fingerprint density at radius 2 is 2.22 bits per heavy atom. The molecule has 100 valence electrons. The third-order valence-corrected chi connectivity index (χ3v) is 5.73. The van der Waals surface area contributed by atoms with Gasteiger partial charge in [0.25, 0.3) is 0 Å². The Kier molecular flexibility index (Phi) is 3.94. The Labute approximate surface area is 117 Å². The molecule has 3 rings (SSSR count). The van der Waals surface area contributed by atoms with Gasteiger partial charge < -0.3 is 10.4 Å². The standard InChI is InChI=1S/C14H20ClNOS/c15-14-7-10-12(5-2-6-13(10)18-14)16-11-4-1-3-9(11)8-17/h7,9,11-12,16-17H,1-6,8H2. The maximum absolute atomic E-state index is 9.41. The smallest absolute Gasteiger partial charge is 0.0934 e. The summed E-state index contributed by atoms with van der Waals surface area (Å²) in [6, 6.07) is 3.08. The summed E-state index contributed by atoms with van der Waals surface area (Å²) in [5.41, 5.74) is 1.42. The van der Waals surface area contributed by atoms with Crippen molar-refractivity contribution in [3.63, 3.8) is 0 Å². The van der Waals surface area contributed by atoms with E-state index < -0.39 is 0 Å². The molecule has 1 heterocycles. The third-order valence-electron chi connectivity index (χ3n) is 4.39. The fourth-order valence-corrected chi connectivity index (χ4v) is 4.81. The number of aliphatic hydroxyl groups is 1. The number of nitrogens with one attached hydrogen (secondary N) is 1. The van der Waals surface area contributed by atoms with Crippen molar-refractivity contribution in [2.45, 2.75) is 50.6 Å². The van der Waals surface area contributed by atoms with E-state index in [9.17, 15) is 5.11 Å². The van der Waals surface area contributed by atoms with Crippen LogP contribution in [0.25, 0.3) is 0 Å². The highest BCUT2D eigenvalue weighted by molar-refractivity contribution is 7.16. The Hall–Kier alpha value is -0.0900. The molecule has 0 radical (unpaired) electrons. The number of hydrogen-bond donors (Lipinski definition) is 2. The van der Waals surface area contributed by atoms with Gasteiger partial charge in [0.15, 0.2) is 0 Å². The molecule has 0 bridgehead atoms. The Balaban J connectivity index is 1.74. The number of rotatable bonds is 3. The minimum atomic E-state index is 0.321. The van der Waals surface area contributed by atoms with Gasteiger partial charge in [0, 0.05) is 23.6 Å². The predicted octanol–water partition coefficient (Wildman–Crippen LogP) is 3.53. The Morgan fingerprint density at radius 1 is 1.33 bits per heavy atom. The first-order valence-electron chi connectivity index (χ1n) is 6.93. The van der Waals surface area contributed by atoms with Crippen molar-refractivity contribution in [3.8, 4) is 0 Å². The van der Waals surface area contributed by atoms with Crippen LogP contribution in [0.2, 0.25) is 4.34 Å². The zero-order valence-corrected chi connectivity index (χ0v) is 12.1. The highest BCUT2D eigenvalue weighted by Crippen LogP contribution is 2.39. The van der Waals surface area contributed by atoms with Crippen LogP contribution in [0.15, 0.2) is 6.07 Å². The molecule has 1 saturated carbocycles. The lowest BCUT2D eigenvalue weighted by molar-refractivity contribution is 0.197. The molecule has 2 N–H and O–H groups in total. The number of hydrogen-bond acceptors (Lipinski definition) is 3. The SMILES string of the molecule is OCC1CCCC1NC1CCCc2sc(Cl)cc21. The van der Waals surface area contributed by atoms with Crippen LogP contribution >= 0.6 is 22.9 Å². The van der Waals surface area contributed by atoms with Crippen molar-refractivity contribution in [2.75, 3.05) is 6.61 Å². The van der Waals surface area contributed by atoms with Crippen molar-refractivity contribution >= 4 is 22.9 Å². The molecule has 4 heteroatoms. The van der Waals surface area contributed by atoms with Crippen LogP contribution < -0.4 is 5.32 Å². The molecule has 1 aromatic heterocycles. The first-order valence-corrected chi connectivity index (χ1v) is 8.12.